The lowest BCUT2D eigenvalue weighted by Crippen LogP contribution is -2.50. The lowest BCUT2D eigenvalue weighted by molar-refractivity contribution is -0.145. The van der Waals surface area contributed by atoms with Gasteiger partial charge in [-0.05, 0) is 31.5 Å². The van der Waals surface area contributed by atoms with Crippen LogP contribution in [0.4, 0.5) is 4.39 Å². The van der Waals surface area contributed by atoms with E-state index in [4.69, 9.17) is 0 Å². The van der Waals surface area contributed by atoms with Crippen LogP contribution in [-0.4, -0.2) is 66.0 Å². The van der Waals surface area contributed by atoms with Crippen molar-refractivity contribution in [2.45, 2.75) is 30.8 Å². The van der Waals surface area contributed by atoms with Gasteiger partial charge >= 0.3 is 11.8 Å². The number of hydrogen-bond donors (Lipinski definition) is 3. The molecule has 3 amide bonds. The molecule has 14 heteroatoms. The van der Waals surface area contributed by atoms with Gasteiger partial charge in [-0.1, -0.05) is 6.07 Å². The molecule has 190 valence electrons. The molecule has 0 spiro atoms. The lowest BCUT2D eigenvalue weighted by atomic mass is 10.0. The van der Waals surface area contributed by atoms with Gasteiger partial charge in [0.25, 0.3) is 11.5 Å². The van der Waals surface area contributed by atoms with E-state index in [9.17, 15) is 37.1 Å². The molecule has 0 bridgehead atoms. The van der Waals surface area contributed by atoms with Crippen molar-refractivity contribution in [1.82, 2.24) is 25.1 Å². The van der Waals surface area contributed by atoms with Gasteiger partial charge in [0.05, 0.1) is 10.4 Å². The zero-order valence-corrected chi connectivity index (χ0v) is 20.8. The highest BCUT2D eigenvalue weighted by Crippen LogP contribution is 2.21. The fourth-order valence-corrected chi connectivity index (χ4v) is 4.13. The average Bonchev–Trinajstić information content (AvgIpc) is 2.74. The first-order chi connectivity index (χ1) is 16.0. The number of sulfone groups is 1. The molecule has 1 aromatic carbocycles. The van der Waals surface area contributed by atoms with E-state index in [0.717, 1.165) is 27.9 Å². The standard InChI is InChI=1S/C21H26FN5O7S/c1-21(2,25-17(30)19(32)26(3)4)20-24-14(15(28)18(31)27(20)5)16(29)23-10-11-7-8-12(22)9-13(11)35(6,33)34/h7-9,28H,10H2,1-6H3,(H,23,29)(H,25,30). The van der Waals surface area contributed by atoms with Crippen molar-refractivity contribution in [2.75, 3.05) is 20.4 Å². The van der Waals surface area contributed by atoms with E-state index in [-0.39, 0.29) is 22.8 Å². The Labute approximate surface area is 200 Å². The van der Waals surface area contributed by atoms with Gasteiger partial charge in [0.2, 0.25) is 5.75 Å². The van der Waals surface area contributed by atoms with E-state index in [1.807, 2.05) is 0 Å². The second-order valence-corrected chi connectivity index (χ2v) is 10.5. The van der Waals surface area contributed by atoms with E-state index in [0.29, 0.717) is 0 Å². The quantitative estimate of drug-likeness (QED) is 0.432. The maximum atomic E-state index is 13.5. The van der Waals surface area contributed by atoms with Gasteiger partial charge in [0.15, 0.2) is 15.5 Å². The maximum Gasteiger partial charge on any atom is 0.311 e. The third kappa shape index (κ3) is 6.01. The van der Waals surface area contributed by atoms with Crippen molar-refractivity contribution in [1.29, 1.82) is 0 Å². The molecule has 0 unspecified atom stereocenters. The number of benzene rings is 1. The number of aromatic hydroxyl groups is 1. The van der Waals surface area contributed by atoms with Crippen molar-refractivity contribution < 1.29 is 32.3 Å². The topological polar surface area (TPSA) is 168 Å². The van der Waals surface area contributed by atoms with Crippen LogP contribution in [0.15, 0.2) is 27.9 Å². The van der Waals surface area contributed by atoms with Crippen LogP contribution < -0.4 is 16.2 Å². The number of amides is 3. The summed E-state index contributed by atoms with van der Waals surface area (Å²) in [6.07, 6.45) is 0.880. The summed E-state index contributed by atoms with van der Waals surface area (Å²) in [4.78, 5) is 54.3. The number of nitrogens with one attached hydrogen (secondary N) is 2. The van der Waals surface area contributed by atoms with Crippen molar-refractivity contribution in [3.63, 3.8) is 0 Å². The molecular weight excluding hydrogens is 485 g/mol. The largest absolute Gasteiger partial charge is 0.501 e. The first-order valence-corrected chi connectivity index (χ1v) is 12.0. The number of rotatable bonds is 6. The summed E-state index contributed by atoms with van der Waals surface area (Å²) >= 11 is 0. The molecule has 0 radical (unpaired) electrons. The first-order valence-electron chi connectivity index (χ1n) is 10.1. The summed E-state index contributed by atoms with van der Waals surface area (Å²) in [7, 11) is 0.188. The van der Waals surface area contributed by atoms with Crippen LogP contribution in [0.2, 0.25) is 0 Å². The van der Waals surface area contributed by atoms with E-state index in [1.165, 1.54) is 41.1 Å². The van der Waals surface area contributed by atoms with Crippen LogP contribution >= 0.6 is 0 Å². The number of nitrogens with zero attached hydrogens (tertiary/aromatic N) is 3. The summed E-state index contributed by atoms with van der Waals surface area (Å²) in [5.41, 5.74) is -3.05. The molecule has 2 rings (SSSR count). The smallest absolute Gasteiger partial charge is 0.311 e. The molecule has 0 aliphatic rings. The lowest BCUT2D eigenvalue weighted by Gasteiger charge is -2.28. The Bertz CT molecular complexity index is 1370. The predicted molar refractivity (Wildman–Crippen MR) is 122 cm³/mol. The van der Waals surface area contributed by atoms with Crippen molar-refractivity contribution in [3.05, 3.63) is 51.5 Å². The van der Waals surface area contributed by atoms with E-state index >= 15 is 0 Å². The molecule has 0 aliphatic carbocycles. The first kappa shape index (κ1) is 27.4. The van der Waals surface area contributed by atoms with Gasteiger partial charge < -0.3 is 20.6 Å². The van der Waals surface area contributed by atoms with Crippen LogP contribution in [0.5, 0.6) is 5.75 Å². The third-order valence-corrected chi connectivity index (χ3v) is 6.11. The van der Waals surface area contributed by atoms with Gasteiger partial charge in [0.1, 0.15) is 11.6 Å². The zero-order valence-electron chi connectivity index (χ0n) is 20.0. The minimum atomic E-state index is -3.82. The molecule has 1 heterocycles. The highest BCUT2D eigenvalue weighted by molar-refractivity contribution is 7.90. The Morgan fingerprint density at radius 2 is 1.83 bits per heavy atom. The monoisotopic (exact) mass is 511 g/mol. The van der Waals surface area contributed by atoms with Crippen LogP contribution in [0.25, 0.3) is 0 Å². The maximum absolute atomic E-state index is 13.5. The minimum absolute atomic E-state index is 0.0700. The molecule has 0 atom stereocenters. The molecule has 12 nitrogen and oxygen atoms in total. The molecule has 35 heavy (non-hydrogen) atoms. The van der Waals surface area contributed by atoms with Crippen LogP contribution in [0.1, 0.15) is 35.7 Å². The summed E-state index contributed by atoms with van der Waals surface area (Å²) in [5, 5.41) is 15.0. The highest BCUT2D eigenvalue weighted by Gasteiger charge is 2.33. The fourth-order valence-electron chi connectivity index (χ4n) is 3.18. The number of carbonyl (C=O) groups is 3. The van der Waals surface area contributed by atoms with Gasteiger partial charge in [0, 0.05) is 33.9 Å². The number of likely N-dealkylation sites (N-methyl/N-ethyl adjacent to an activating group) is 1. The van der Waals surface area contributed by atoms with Crippen LogP contribution in [0.3, 0.4) is 0 Å². The second kappa shape index (κ2) is 9.82. The Hall–Kier alpha value is -3.81. The number of aromatic nitrogens is 2. The second-order valence-electron chi connectivity index (χ2n) is 8.48. The minimum Gasteiger partial charge on any atom is -0.501 e. The van der Waals surface area contributed by atoms with Crippen LogP contribution in [0, 0.1) is 5.82 Å². The SMILES string of the molecule is CN(C)C(=O)C(=O)NC(C)(C)c1nc(C(=O)NCc2ccc(F)cc2S(C)(=O)=O)c(O)c(=O)n1C. The Morgan fingerprint density at radius 1 is 1.23 bits per heavy atom. The Balaban J connectivity index is 2.43. The van der Waals surface area contributed by atoms with Gasteiger partial charge in [-0.15, -0.1) is 0 Å². The highest BCUT2D eigenvalue weighted by atomic mass is 32.2. The van der Waals surface area contributed by atoms with Crippen molar-refractivity contribution in [2.24, 2.45) is 7.05 Å². The summed E-state index contributed by atoms with van der Waals surface area (Å²) in [5.74, 6) is -4.80. The predicted octanol–water partition coefficient (Wildman–Crippen LogP) is -0.602. The molecule has 0 saturated heterocycles. The molecule has 1 aromatic heterocycles. The number of halogens is 1. The molecule has 0 saturated carbocycles. The van der Waals surface area contributed by atoms with E-state index in [1.54, 1.807) is 0 Å². The fraction of sp³-hybridized carbons (Fsp3) is 0.381. The van der Waals surface area contributed by atoms with Gasteiger partial charge in [-0.3, -0.25) is 23.7 Å². The molecule has 3 N–H and O–H groups in total. The summed E-state index contributed by atoms with van der Waals surface area (Å²) in [6, 6.07) is 3.00. The normalized spacial score (nSPS) is 11.6. The summed E-state index contributed by atoms with van der Waals surface area (Å²) in [6.45, 7) is 2.49. The number of hydrogen-bond acceptors (Lipinski definition) is 8. The Morgan fingerprint density at radius 3 is 2.37 bits per heavy atom. The zero-order chi connectivity index (χ0) is 26.9. The van der Waals surface area contributed by atoms with Gasteiger partial charge in [-0.25, -0.2) is 17.8 Å². The van der Waals surface area contributed by atoms with E-state index in [2.05, 4.69) is 15.6 Å². The van der Waals surface area contributed by atoms with E-state index < -0.39 is 55.9 Å². The van der Waals surface area contributed by atoms with Crippen molar-refractivity contribution in [3.8, 4) is 5.75 Å². The molecule has 0 aliphatic heterocycles. The average molecular weight is 512 g/mol. The van der Waals surface area contributed by atoms with Crippen LogP contribution in [-0.2, 0) is 38.6 Å². The molecule has 2 aromatic rings. The van der Waals surface area contributed by atoms with Gasteiger partial charge in [-0.2, -0.15) is 0 Å². The molecular formula is C21H26FN5O7S. The number of carbonyl (C=O) groups excluding carboxylic acids is 3. The summed E-state index contributed by atoms with van der Waals surface area (Å²) < 4.78 is 38.3. The third-order valence-electron chi connectivity index (χ3n) is 4.94. The van der Waals surface area contributed by atoms with Crippen molar-refractivity contribution >= 4 is 27.6 Å². The Kier molecular flexibility index (Phi) is 7.69. The molecule has 0 fully saturated rings.